The van der Waals surface area contributed by atoms with Gasteiger partial charge in [0.1, 0.15) is 6.10 Å². The summed E-state index contributed by atoms with van der Waals surface area (Å²) >= 11 is 0. The van der Waals surface area contributed by atoms with E-state index >= 15 is 0 Å². The third-order valence-electron chi connectivity index (χ3n) is 12.3. The van der Waals surface area contributed by atoms with Gasteiger partial charge in [0.2, 0.25) is 0 Å². The predicted octanol–water partition coefficient (Wildman–Crippen LogP) is 13.3. The van der Waals surface area contributed by atoms with Crippen LogP contribution in [-0.4, -0.2) is 94.3 Å². The molecule has 0 amide bonds. The van der Waals surface area contributed by atoms with Gasteiger partial charge in [-0.3, -0.25) is 9.59 Å². The maximum absolute atomic E-state index is 13.3. The third-order valence-corrected chi connectivity index (χ3v) is 12.3. The van der Waals surface area contributed by atoms with Crippen molar-refractivity contribution in [2.45, 2.75) is 195 Å². The van der Waals surface area contributed by atoms with Crippen LogP contribution < -0.4 is 0 Å². The monoisotopic (exact) mass is 1000 g/mol. The lowest BCUT2D eigenvalue weighted by Gasteiger charge is -2.48. The zero-order valence-electron chi connectivity index (χ0n) is 33.8. The van der Waals surface area contributed by atoms with Crippen LogP contribution in [0.25, 0.3) is 0 Å². The van der Waals surface area contributed by atoms with Gasteiger partial charge in [-0.25, -0.2) is 0 Å². The number of rotatable bonds is 9. The number of alkyl halides is 18. The van der Waals surface area contributed by atoms with Crippen molar-refractivity contribution in [2.24, 2.45) is 40.4 Å². The molecule has 2 bridgehead atoms. The molecule has 0 aromatic rings. The fourth-order valence-electron chi connectivity index (χ4n) is 7.57. The first-order valence-corrected chi connectivity index (χ1v) is 18.7. The summed E-state index contributed by atoms with van der Waals surface area (Å²) in [4.78, 5) is 23.1. The Morgan fingerprint density at radius 2 is 0.846 bits per heavy atom. The van der Waals surface area contributed by atoms with Crippen molar-refractivity contribution in [2.75, 3.05) is 7.11 Å². The summed E-state index contributed by atoms with van der Waals surface area (Å²) in [5, 5.41) is 28.4. The molecule has 0 saturated heterocycles. The van der Waals surface area contributed by atoms with Gasteiger partial charge < -0.3 is 24.8 Å². The van der Waals surface area contributed by atoms with Crippen LogP contribution in [0.5, 0.6) is 0 Å². The first kappa shape index (κ1) is 69.1. The van der Waals surface area contributed by atoms with E-state index in [0.29, 0.717) is 19.3 Å². The molecule has 3 aliphatic rings. The Morgan fingerprint density at radius 1 is 0.508 bits per heavy atom. The molecule has 7 nitrogen and oxygen atoms in total. The molecular formula is C40H66F18O7. The molecule has 65 heavy (non-hydrogen) atoms. The van der Waals surface area contributed by atoms with E-state index in [2.05, 4.69) is 4.74 Å². The number of carbonyl (C=O) groups is 2. The second kappa shape index (κ2) is 22.8. The van der Waals surface area contributed by atoms with Gasteiger partial charge in [-0.1, -0.05) is 50.0 Å². The Labute approximate surface area is 368 Å². The van der Waals surface area contributed by atoms with Crippen molar-refractivity contribution in [3.63, 3.8) is 0 Å². The van der Waals surface area contributed by atoms with Crippen LogP contribution in [0.4, 0.5) is 79.0 Å². The summed E-state index contributed by atoms with van der Waals surface area (Å²) in [7, 11) is 1.42. The summed E-state index contributed by atoms with van der Waals surface area (Å²) < 4.78 is 244. The summed E-state index contributed by atoms with van der Waals surface area (Å²) in [6, 6.07) is 0. The summed E-state index contributed by atoms with van der Waals surface area (Å²) in [5.41, 5.74) is -17.8. The smallest absolute Gasteiger partial charge is 0.426 e. The average molecular weight is 1000 g/mol. The first-order valence-electron chi connectivity index (χ1n) is 18.7. The van der Waals surface area contributed by atoms with E-state index in [4.69, 9.17) is 9.84 Å². The highest BCUT2D eigenvalue weighted by Gasteiger charge is 2.78. The van der Waals surface area contributed by atoms with E-state index in [9.17, 15) is 98.8 Å². The largest absolute Gasteiger partial charge is 0.469 e. The molecule has 394 valence electrons. The number of ether oxygens (including phenoxy) is 2. The molecule has 3 fully saturated rings. The Kier molecular flexibility index (Phi) is 24.2. The van der Waals surface area contributed by atoms with Crippen LogP contribution in [0.15, 0.2) is 0 Å². The lowest BCUT2D eigenvalue weighted by Crippen LogP contribution is -2.67. The molecule has 3 aliphatic carbocycles. The van der Waals surface area contributed by atoms with Crippen molar-refractivity contribution in [1.82, 2.24) is 0 Å². The van der Waals surface area contributed by atoms with Crippen LogP contribution in [-0.2, 0) is 19.1 Å². The van der Waals surface area contributed by atoms with Gasteiger partial charge in [0.25, 0.3) is 16.8 Å². The second-order valence-corrected chi connectivity index (χ2v) is 17.1. The number of halogens is 18. The van der Waals surface area contributed by atoms with Crippen LogP contribution in [0.3, 0.4) is 0 Å². The lowest BCUT2D eigenvalue weighted by atomic mass is 9.65. The predicted molar refractivity (Wildman–Crippen MR) is 203 cm³/mol. The van der Waals surface area contributed by atoms with Gasteiger partial charge in [0, 0.05) is 11.8 Å². The van der Waals surface area contributed by atoms with Gasteiger partial charge in [0.15, 0.2) is 0 Å². The number of carbonyl (C=O) groups excluding carboxylic acids is 2. The molecule has 0 aromatic carbocycles. The Morgan fingerprint density at radius 3 is 1.08 bits per heavy atom. The molecule has 0 radical (unpaired) electrons. The highest BCUT2D eigenvalue weighted by atomic mass is 19.4. The first-order chi connectivity index (χ1) is 26.9. The van der Waals surface area contributed by atoms with Crippen molar-refractivity contribution in [3.05, 3.63) is 0 Å². The Hall–Kier alpha value is -2.44. The van der Waals surface area contributed by atoms with Crippen molar-refractivity contribution in [3.8, 4) is 0 Å². The van der Waals surface area contributed by atoms with E-state index in [0.717, 1.165) is 12.8 Å². The Bertz CT molecular complexity index is 1380. The number of aliphatic hydroxyl groups is 3. The number of esters is 2. The van der Waals surface area contributed by atoms with Gasteiger partial charge in [-0.05, 0) is 103 Å². The lowest BCUT2D eigenvalue weighted by molar-refractivity contribution is -0.405. The molecule has 3 rings (SSSR count). The highest BCUT2D eigenvalue weighted by Crippen LogP contribution is 2.59. The minimum atomic E-state index is -6.58. The molecule has 0 aromatic heterocycles. The molecule has 0 heterocycles. The molecular weight excluding hydrogens is 934 g/mol. The van der Waals surface area contributed by atoms with Crippen molar-refractivity contribution < 1.29 is 113 Å². The van der Waals surface area contributed by atoms with Crippen LogP contribution in [0, 0.1) is 40.4 Å². The summed E-state index contributed by atoms with van der Waals surface area (Å²) in [5.74, 6) is -8.71. The zero-order chi connectivity index (χ0) is 48.6. The molecule has 3 saturated carbocycles. The minimum absolute atomic E-state index is 0. The van der Waals surface area contributed by atoms with E-state index < -0.39 is 115 Å². The van der Waals surface area contributed by atoms with Gasteiger partial charge in [-0.2, -0.15) is 79.0 Å². The standard InChI is InChI=1S/C18H22F12O4.C11H14F6O.C7H14O2.4CH4/c1-4-12(2,3)11(31)34-10-6-8(13(32,15(19,20)21)16(22,23)24)5-9(7-10)14(33,17(25,26)27)18(28,29)30;12-10(13,14)9(18,11(15,16)17)5-8-4-6-1-2-7(8)3-6;1-5-7(2,3)6(8)9-4;;;;/h8-10,32-33H,4-7H2,1-3H3;6-8,18H,1-5H2;5H2,1-4H3;4*1H4. The number of hydrogen-bond acceptors (Lipinski definition) is 7. The van der Waals surface area contributed by atoms with Crippen LogP contribution >= 0.6 is 0 Å². The average Bonchev–Trinajstić information content (AvgIpc) is 3.71. The quantitative estimate of drug-likeness (QED) is 0.156. The molecule has 0 spiro atoms. The van der Waals surface area contributed by atoms with E-state index in [1.54, 1.807) is 0 Å². The topological polar surface area (TPSA) is 113 Å². The summed E-state index contributed by atoms with van der Waals surface area (Å²) in [6.45, 7) is 9.54. The third kappa shape index (κ3) is 14.8. The molecule has 5 atom stereocenters. The Balaban J connectivity index is -0.000000501. The fourth-order valence-corrected chi connectivity index (χ4v) is 7.57. The number of hydrogen-bond donors (Lipinski definition) is 3. The van der Waals surface area contributed by atoms with Crippen LogP contribution in [0.1, 0.15) is 135 Å². The molecule has 25 heteroatoms. The molecule has 0 aliphatic heterocycles. The highest BCUT2D eigenvalue weighted by molar-refractivity contribution is 5.76. The maximum Gasteiger partial charge on any atom is 0.426 e. The molecule has 3 N–H and O–H groups in total. The van der Waals surface area contributed by atoms with E-state index in [-0.39, 0.29) is 59.3 Å². The zero-order valence-corrected chi connectivity index (χ0v) is 33.8. The van der Waals surface area contributed by atoms with Gasteiger partial charge >= 0.3 is 49.0 Å². The van der Waals surface area contributed by atoms with Crippen molar-refractivity contribution in [1.29, 1.82) is 0 Å². The maximum atomic E-state index is 13.3. The number of fused-ring (bicyclic) bond motifs is 2. The summed E-state index contributed by atoms with van der Waals surface area (Å²) in [6.07, 6.45) is -43.1. The van der Waals surface area contributed by atoms with Gasteiger partial charge in [0.05, 0.1) is 17.9 Å². The minimum Gasteiger partial charge on any atom is -0.469 e. The van der Waals surface area contributed by atoms with E-state index in [1.165, 1.54) is 27.9 Å². The van der Waals surface area contributed by atoms with Crippen molar-refractivity contribution >= 4 is 11.9 Å². The normalized spacial score (nSPS) is 23.4. The van der Waals surface area contributed by atoms with Gasteiger partial charge in [-0.15, -0.1) is 0 Å². The molecule has 5 unspecified atom stereocenters. The van der Waals surface area contributed by atoms with E-state index in [1.807, 2.05) is 20.8 Å². The van der Waals surface area contributed by atoms with Crippen LogP contribution in [0.2, 0.25) is 0 Å². The second-order valence-electron chi connectivity index (χ2n) is 17.1. The number of methoxy groups -OCH3 is 1. The SMILES string of the molecule is C.C.C.C.CCC(C)(C)C(=O)OC.CCC(C)(C)C(=O)OC1CC(C(O)(C(F)(F)F)C(F)(F)F)CC(C(O)(C(F)(F)F)C(F)(F)F)C1.OC(CC1CC2CCC1C2)(C(F)(F)F)C(F)(F)F. The fraction of sp³-hybridized carbons (Fsp3) is 0.950.